The molecular formula is C15H18F3N3O2. The van der Waals surface area contributed by atoms with E-state index in [-0.39, 0.29) is 12.0 Å². The summed E-state index contributed by atoms with van der Waals surface area (Å²) in [5, 5.41) is 0. The van der Waals surface area contributed by atoms with E-state index in [0.717, 1.165) is 18.9 Å². The van der Waals surface area contributed by atoms with Gasteiger partial charge in [-0.15, -0.1) is 0 Å². The van der Waals surface area contributed by atoms with Crippen LogP contribution in [0.1, 0.15) is 18.5 Å². The van der Waals surface area contributed by atoms with Crippen LogP contribution in [-0.2, 0) is 15.7 Å². The number of aromatic nitrogens is 1. The van der Waals surface area contributed by atoms with Gasteiger partial charge in [0.05, 0.1) is 0 Å². The summed E-state index contributed by atoms with van der Waals surface area (Å²) in [6.45, 7) is 2.48. The molecule has 0 saturated carbocycles. The molecule has 0 spiro atoms. The van der Waals surface area contributed by atoms with Crippen molar-refractivity contribution in [3.63, 3.8) is 0 Å². The standard InChI is InChI=1S/C15H18F3N3O2/c16-15(17,18)12-4-1-5-13(19-12)20-6-8-21(9-7-20)14(22)11-3-2-10-23-11/h1,4-5,11H,2-3,6-10H2. The molecule has 23 heavy (non-hydrogen) atoms. The van der Waals surface area contributed by atoms with Crippen LogP contribution in [0.5, 0.6) is 0 Å². The summed E-state index contributed by atoms with van der Waals surface area (Å²) in [5.41, 5.74) is -0.895. The number of piperazine rings is 1. The number of amides is 1. The van der Waals surface area contributed by atoms with E-state index in [1.54, 1.807) is 15.9 Å². The molecule has 1 atom stereocenters. The van der Waals surface area contributed by atoms with E-state index < -0.39 is 11.9 Å². The zero-order valence-corrected chi connectivity index (χ0v) is 12.6. The van der Waals surface area contributed by atoms with E-state index in [9.17, 15) is 18.0 Å². The van der Waals surface area contributed by atoms with Crippen molar-refractivity contribution in [3.05, 3.63) is 23.9 Å². The topological polar surface area (TPSA) is 45.7 Å². The number of rotatable bonds is 2. The number of hydrogen-bond donors (Lipinski definition) is 0. The van der Waals surface area contributed by atoms with Gasteiger partial charge in [-0.25, -0.2) is 4.98 Å². The van der Waals surface area contributed by atoms with Crippen LogP contribution < -0.4 is 4.90 Å². The summed E-state index contributed by atoms with van der Waals surface area (Å²) < 4.78 is 43.6. The highest BCUT2D eigenvalue weighted by Crippen LogP contribution is 2.29. The number of halogens is 3. The first-order valence-corrected chi connectivity index (χ1v) is 7.65. The van der Waals surface area contributed by atoms with Crippen LogP contribution in [0.2, 0.25) is 0 Å². The van der Waals surface area contributed by atoms with Gasteiger partial charge in [0.25, 0.3) is 5.91 Å². The van der Waals surface area contributed by atoms with Crippen molar-refractivity contribution in [2.75, 3.05) is 37.7 Å². The minimum Gasteiger partial charge on any atom is -0.368 e. The molecule has 2 aliphatic heterocycles. The Morgan fingerprint density at radius 3 is 2.57 bits per heavy atom. The first-order chi connectivity index (χ1) is 10.9. The van der Waals surface area contributed by atoms with Gasteiger partial charge in [-0.1, -0.05) is 6.07 Å². The first-order valence-electron chi connectivity index (χ1n) is 7.65. The fourth-order valence-electron chi connectivity index (χ4n) is 2.89. The molecule has 0 aromatic carbocycles. The summed E-state index contributed by atoms with van der Waals surface area (Å²) in [6, 6.07) is 3.88. The van der Waals surface area contributed by atoms with Crippen LogP contribution in [0, 0.1) is 0 Å². The highest BCUT2D eigenvalue weighted by atomic mass is 19.4. The molecule has 3 rings (SSSR count). The highest BCUT2D eigenvalue weighted by Gasteiger charge is 2.34. The summed E-state index contributed by atoms with van der Waals surface area (Å²) in [6.07, 6.45) is -3.17. The molecule has 0 radical (unpaired) electrons. The average molecular weight is 329 g/mol. The third-order valence-electron chi connectivity index (χ3n) is 4.15. The molecule has 2 aliphatic rings. The second kappa shape index (κ2) is 6.35. The smallest absolute Gasteiger partial charge is 0.368 e. The minimum absolute atomic E-state index is 0.0147. The van der Waals surface area contributed by atoms with E-state index in [1.807, 2.05) is 0 Å². The monoisotopic (exact) mass is 329 g/mol. The van der Waals surface area contributed by atoms with Gasteiger partial charge in [-0.2, -0.15) is 13.2 Å². The number of nitrogens with zero attached hydrogens (tertiary/aromatic N) is 3. The maximum absolute atomic E-state index is 12.7. The van der Waals surface area contributed by atoms with Gasteiger partial charge in [0.15, 0.2) is 0 Å². The van der Waals surface area contributed by atoms with Crippen molar-refractivity contribution in [1.29, 1.82) is 0 Å². The summed E-state index contributed by atoms with van der Waals surface area (Å²) >= 11 is 0. The maximum Gasteiger partial charge on any atom is 0.433 e. The second-order valence-corrected chi connectivity index (χ2v) is 5.69. The maximum atomic E-state index is 12.7. The van der Waals surface area contributed by atoms with Crippen molar-refractivity contribution >= 4 is 11.7 Å². The Balaban J connectivity index is 1.61. The van der Waals surface area contributed by atoms with Crippen molar-refractivity contribution in [3.8, 4) is 0 Å². The van der Waals surface area contributed by atoms with Crippen LogP contribution >= 0.6 is 0 Å². The van der Waals surface area contributed by atoms with Crippen LogP contribution in [-0.4, -0.2) is 54.7 Å². The SMILES string of the molecule is O=C(C1CCCO1)N1CCN(c2cccc(C(F)(F)F)n2)CC1. The molecule has 0 N–H and O–H groups in total. The molecule has 126 valence electrons. The van der Waals surface area contributed by atoms with Crippen molar-refractivity contribution in [2.24, 2.45) is 0 Å². The third-order valence-corrected chi connectivity index (χ3v) is 4.15. The Morgan fingerprint density at radius 2 is 1.96 bits per heavy atom. The van der Waals surface area contributed by atoms with Gasteiger partial charge >= 0.3 is 6.18 Å². The molecule has 0 aliphatic carbocycles. The van der Waals surface area contributed by atoms with Gasteiger partial charge in [-0.3, -0.25) is 4.79 Å². The molecule has 1 amide bonds. The van der Waals surface area contributed by atoms with Crippen LogP contribution in [0.4, 0.5) is 19.0 Å². The van der Waals surface area contributed by atoms with Crippen molar-refractivity contribution < 1.29 is 22.7 Å². The van der Waals surface area contributed by atoms with Crippen LogP contribution in [0.3, 0.4) is 0 Å². The highest BCUT2D eigenvalue weighted by molar-refractivity contribution is 5.81. The van der Waals surface area contributed by atoms with Gasteiger partial charge in [0.2, 0.25) is 0 Å². The Hall–Kier alpha value is -1.83. The Morgan fingerprint density at radius 1 is 1.22 bits per heavy atom. The molecule has 3 heterocycles. The van der Waals surface area contributed by atoms with Gasteiger partial charge in [0, 0.05) is 32.8 Å². The van der Waals surface area contributed by atoms with Crippen molar-refractivity contribution in [1.82, 2.24) is 9.88 Å². The molecule has 1 aromatic heterocycles. The molecular weight excluding hydrogens is 311 g/mol. The zero-order chi connectivity index (χ0) is 16.4. The fraction of sp³-hybridized carbons (Fsp3) is 0.600. The average Bonchev–Trinajstić information content (AvgIpc) is 3.08. The molecule has 0 bridgehead atoms. The Labute approximate surface area is 132 Å². The lowest BCUT2D eigenvalue weighted by Crippen LogP contribution is -2.51. The number of pyridine rings is 1. The van der Waals surface area contributed by atoms with Gasteiger partial charge < -0.3 is 14.5 Å². The Kier molecular flexibility index (Phi) is 4.43. The first kappa shape index (κ1) is 16.0. The quantitative estimate of drug-likeness (QED) is 0.832. The van der Waals surface area contributed by atoms with E-state index in [4.69, 9.17) is 4.74 Å². The fourth-order valence-corrected chi connectivity index (χ4v) is 2.89. The number of ether oxygens (including phenoxy) is 1. The molecule has 2 saturated heterocycles. The lowest BCUT2D eigenvalue weighted by Gasteiger charge is -2.36. The van der Waals surface area contributed by atoms with Crippen LogP contribution in [0.15, 0.2) is 18.2 Å². The number of carbonyl (C=O) groups is 1. The van der Waals surface area contributed by atoms with E-state index in [2.05, 4.69) is 4.98 Å². The summed E-state index contributed by atoms with van der Waals surface area (Å²) in [7, 11) is 0. The predicted octanol–water partition coefficient (Wildman–Crippen LogP) is 1.93. The van der Waals surface area contributed by atoms with E-state index >= 15 is 0 Å². The van der Waals surface area contributed by atoms with Gasteiger partial charge in [-0.05, 0) is 25.0 Å². The normalized spacial score (nSPS) is 22.5. The number of anilines is 1. The summed E-state index contributed by atoms with van der Waals surface area (Å²) in [5.74, 6) is 0.281. The molecule has 1 unspecified atom stereocenters. The number of carbonyl (C=O) groups excluding carboxylic acids is 1. The summed E-state index contributed by atoms with van der Waals surface area (Å²) in [4.78, 5) is 19.4. The molecule has 8 heteroatoms. The third kappa shape index (κ3) is 3.57. The molecule has 1 aromatic rings. The minimum atomic E-state index is -4.45. The lowest BCUT2D eigenvalue weighted by molar-refractivity contribution is -0.141. The van der Waals surface area contributed by atoms with E-state index in [0.29, 0.717) is 38.6 Å². The predicted molar refractivity (Wildman–Crippen MR) is 77.0 cm³/mol. The van der Waals surface area contributed by atoms with Crippen LogP contribution in [0.25, 0.3) is 0 Å². The molecule has 5 nitrogen and oxygen atoms in total. The number of alkyl halides is 3. The van der Waals surface area contributed by atoms with Gasteiger partial charge in [0.1, 0.15) is 17.6 Å². The molecule has 2 fully saturated rings. The van der Waals surface area contributed by atoms with E-state index in [1.165, 1.54) is 6.07 Å². The lowest BCUT2D eigenvalue weighted by atomic mass is 10.2. The van der Waals surface area contributed by atoms with Crippen molar-refractivity contribution in [2.45, 2.75) is 25.1 Å². The Bertz CT molecular complexity index is 565. The largest absolute Gasteiger partial charge is 0.433 e. The zero-order valence-electron chi connectivity index (χ0n) is 12.6. The second-order valence-electron chi connectivity index (χ2n) is 5.69. The number of hydrogen-bond acceptors (Lipinski definition) is 4.